The Morgan fingerprint density at radius 3 is 2.78 bits per heavy atom. The first-order chi connectivity index (χ1) is 8.83. The minimum atomic E-state index is -0.319. The van der Waals surface area contributed by atoms with Crippen LogP contribution in [0.5, 0.6) is 5.75 Å². The Hall–Kier alpha value is -1.74. The van der Waals surface area contributed by atoms with Gasteiger partial charge in [-0.25, -0.2) is 0 Å². The van der Waals surface area contributed by atoms with Gasteiger partial charge in [-0.2, -0.15) is 0 Å². The summed E-state index contributed by atoms with van der Waals surface area (Å²) < 4.78 is 5.75. The first-order valence-electron chi connectivity index (χ1n) is 6.30. The number of hydrogen-bond donors (Lipinski definition) is 1. The van der Waals surface area contributed by atoms with Crippen molar-refractivity contribution >= 4 is 12.4 Å². The molecule has 0 saturated carbocycles. The highest BCUT2D eigenvalue weighted by atomic mass is 16.5. The van der Waals surface area contributed by atoms with Crippen molar-refractivity contribution in [3.8, 4) is 5.75 Å². The van der Waals surface area contributed by atoms with E-state index >= 15 is 0 Å². The Kier molecular flexibility index (Phi) is 3.07. The van der Waals surface area contributed by atoms with Crippen LogP contribution >= 0.6 is 0 Å². The van der Waals surface area contributed by atoms with Gasteiger partial charge in [0.1, 0.15) is 12.4 Å². The van der Waals surface area contributed by atoms with Crippen molar-refractivity contribution in [1.29, 1.82) is 0 Å². The van der Waals surface area contributed by atoms with Gasteiger partial charge >= 0.3 is 6.92 Å². The summed E-state index contributed by atoms with van der Waals surface area (Å²) in [5, 5.41) is 9.84. The molecule has 3 rings (SSSR count). The Morgan fingerprint density at radius 1 is 1.11 bits per heavy atom. The topological polar surface area (TPSA) is 29.5 Å². The molecule has 2 aromatic carbocycles. The van der Waals surface area contributed by atoms with Gasteiger partial charge in [0.2, 0.25) is 0 Å². The number of fused-ring (bicyclic) bond motifs is 1. The van der Waals surface area contributed by atoms with Gasteiger partial charge in [-0.15, -0.1) is 0 Å². The van der Waals surface area contributed by atoms with Crippen molar-refractivity contribution in [2.24, 2.45) is 0 Å². The minimum absolute atomic E-state index is 0.319. The molecule has 1 heterocycles. The lowest BCUT2D eigenvalue weighted by atomic mass is 9.63. The van der Waals surface area contributed by atoms with Crippen LogP contribution in [0.25, 0.3) is 0 Å². The van der Waals surface area contributed by atoms with Crippen molar-refractivity contribution < 1.29 is 9.76 Å². The van der Waals surface area contributed by atoms with Gasteiger partial charge in [0.15, 0.2) is 0 Å². The quantitative estimate of drug-likeness (QED) is 0.829. The average molecular weight is 238 g/mol. The largest absolute Gasteiger partial charge is 0.489 e. The van der Waals surface area contributed by atoms with E-state index < -0.39 is 0 Å². The zero-order valence-corrected chi connectivity index (χ0v) is 10.2. The van der Waals surface area contributed by atoms with Gasteiger partial charge in [0.05, 0.1) is 0 Å². The number of rotatable bonds is 3. The molecule has 0 radical (unpaired) electrons. The first kappa shape index (κ1) is 11.4. The summed E-state index contributed by atoms with van der Waals surface area (Å²) in [4.78, 5) is 0. The predicted molar refractivity (Wildman–Crippen MR) is 73.3 cm³/mol. The van der Waals surface area contributed by atoms with E-state index in [2.05, 4.69) is 6.07 Å². The molecule has 0 fully saturated rings. The highest BCUT2D eigenvalue weighted by molar-refractivity contribution is 6.68. The molecule has 0 atom stereocenters. The van der Waals surface area contributed by atoms with Crippen LogP contribution in [-0.2, 0) is 13.0 Å². The molecule has 1 N–H and O–H groups in total. The Bertz CT molecular complexity index is 539. The van der Waals surface area contributed by atoms with Gasteiger partial charge in [-0.05, 0) is 35.9 Å². The summed E-state index contributed by atoms with van der Waals surface area (Å²) in [6, 6.07) is 16.1. The number of ether oxygens (including phenoxy) is 1. The van der Waals surface area contributed by atoms with E-state index in [0.29, 0.717) is 6.61 Å². The molecular formula is C15H15BO2. The zero-order chi connectivity index (χ0) is 12.4. The molecule has 0 bridgehead atoms. The molecule has 2 nitrogen and oxygen atoms in total. The van der Waals surface area contributed by atoms with Gasteiger partial charge in [0.25, 0.3) is 0 Å². The lowest BCUT2D eigenvalue weighted by Crippen LogP contribution is -2.25. The Balaban J connectivity index is 1.72. The van der Waals surface area contributed by atoms with Crippen molar-refractivity contribution in [2.75, 3.05) is 0 Å². The molecule has 0 amide bonds. The third-order valence-electron chi connectivity index (χ3n) is 3.41. The standard InChI is InChI=1S/C15H15BO2/c17-16-9-8-13-6-7-14(10-15(13)16)18-11-12-4-2-1-3-5-12/h1-7,10,17H,8-9,11H2. The lowest BCUT2D eigenvalue weighted by molar-refractivity contribution is 0.306. The third kappa shape index (κ3) is 2.27. The Morgan fingerprint density at radius 2 is 1.94 bits per heavy atom. The first-order valence-corrected chi connectivity index (χ1v) is 6.30. The second-order valence-corrected chi connectivity index (χ2v) is 4.69. The van der Waals surface area contributed by atoms with Crippen LogP contribution in [0.4, 0.5) is 0 Å². The molecule has 2 aromatic rings. The fourth-order valence-electron chi connectivity index (χ4n) is 2.39. The molecule has 0 saturated heterocycles. The number of hydrogen-bond acceptors (Lipinski definition) is 2. The monoisotopic (exact) mass is 238 g/mol. The minimum Gasteiger partial charge on any atom is -0.489 e. The smallest absolute Gasteiger partial charge is 0.324 e. The summed E-state index contributed by atoms with van der Waals surface area (Å²) in [5.74, 6) is 0.832. The SMILES string of the molecule is OB1CCc2ccc(OCc3ccccc3)cc21. The highest BCUT2D eigenvalue weighted by Crippen LogP contribution is 2.19. The molecule has 0 aromatic heterocycles. The second kappa shape index (κ2) is 4.87. The number of aryl methyl sites for hydroxylation is 1. The van der Waals surface area contributed by atoms with Crippen LogP contribution < -0.4 is 10.2 Å². The maximum Gasteiger partial charge on any atom is 0.324 e. The van der Waals surface area contributed by atoms with E-state index in [0.717, 1.165) is 29.5 Å². The molecule has 18 heavy (non-hydrogen) atoms. The van der Waals surface area contributed by atoms with Crippen molar-refractivity contribution in [1.82, 2.24) is 0 Å². The molecule has 1 aliphatic heterocycles. The third-order valence-corrected chi connectivity index (χ3v) is 3.41. The van der Waals surface area contributed by atoms with E-state index in [9.17, 15) is 5.02 Å². The zero-order valence-electron chi connectivity index (χ0n) is 10.2. The predicted octanol–water partition coefficient (Wildman–Crippen LogP) is 2.01. The van der Waals surface area contributed by atoms with E-state index in [-0.39, 0.29) is 6.92 Å². The molecule has 0 aliphatic carbocycles. The van der Waals surface area contributed by atoms with E-state index in [1.54, 1.807) is 0 Å². The summed E-state index contributed by atoms with van der Waals surface area (Å²) in [5.41, 5.74) is 3.42. The number of benzene rings is 2. The molecule has 1 aliphatic rings. The van der Waals surface area contributed by atoms with Crippen LogP contribution in [0.1, 0.15) is 11.1 Å². The van der Waals surface area contributed by atoms with E-state index in [1.807, 2.05) is 42.5 Å². The fourth-order valence-corrected chi connectivity index (χ4v) is 2.39. The molecule has 0 spiro atoms. The summed E-state index contributed by atoms with van der Waals surface area (Å²) in [7, 11) is 0. The fraction of sp³-hybridized carbons (Fsp3) is 0.200. The lowest BCUT2D eigenvalue weighted by Gasteiger charge is -2.09. The summed E-state index contributed by atoms with van der Waals surface area (Å²) >= 11 is 0. The second-order valence-electron chi connectivity index (χ2n) is 4.69. The average Bonchev–Trinajstić information content (AvgIpc) is 2.79. The van der Waals surface area contributed by atoms with Gasteiger partial charge in [-0.3, -0.25) is 0 Å². The van der Waals surface area contributed by atoms with Crippen LogP contribution in [0.2, 0.25) is 6.32 Å². The summed E-state index contributed by atoms with van der Waals surface area (Å²) in [6.45, 7) is 0.246. The Labute approximate surface area is 107 Å². The van der Waals surface area contributed by atoms with Crippen molar-refractivity contribution in [3.63, 3.8) is 0 Å². The maximum atomic E-state index is 9.84. The van der Waals surface area contributed by atoms with E-state index in [1.165, 1.54) is 5.56 Å². The van der Waals surface area contributed by atoms with Gasteiger partial charge < -0.3 is 9.76 Å². The highest BCUT2D eigenvalue weighted by Gasteiger charge is 2.24. The normalized spacial score (nSPS) is 13.5. The molecule has 0 unspecified atom stereocenters. The van der Waals surface area contributed by atoms with Crippen LogP contribution in [0.15, 0.2) is 48.5 Å². The molecule has 90 valence electrons. The van der Waals surface area contributed by atoms with Crippen LogP contribution in [0.3, 0.4) is 0 Å². The van der Waals surface area contributed by atoms with E-state index in [4.69, 9.17) is 4.74 Å². The maximum absolute atomic E-state index is 9.84. The molecular weight excluding hydrogens is 223 g/mol. The van der Waals surface area contributed by atoms with Crippen LogP contribution in [0, 0.1) is 0 Å². The molecule has 3 heteroatoms. The summed E-state index contributed by atoms with van der Waals surface area (Å²) in [6.07, 6.45) is 1.80. The van der Waals surface area contributed by atoms with Gasteiger partial charge in [0, 0.05) is 0 Å². The van der Waals surface area contributed by atoms with Gasteiger partial charge in [-0.1, -0.05) is 42.0 Å². The van der Waals surface area contributed by atoms with Crippen LogP contribution in [-0.4, -0.2) is 11.9 Å². The van der Waals surface area contributed by atoms with Crippen molar-refractivity contribution in [2.45, 2.75) is 19.3 Å². The van der Waals surface area contributed by atoms with Crippen molar-refractivity contribution in [3.05, 3.63) is 59.7 Å².